The van der Waals surface area contributed by atoms with Crippen molar-refractivity contribution in [1.82, 2.24) is 0 Å². The Balaban J connectivity index is 1.51. The summed E-state index contributed by atoms with van der Waals surface area (Å²) in [7, 11) is 0. The Hall–Kier alpha value is -4.24. The summed E-state index contributed by atoms with van der Waals surface area (Å²) in [6.45, 7) is 23.0. The maximum Gasteiger partial charge on any atom is 0.252 e. The zero-order chi connectivity index (χ0) is 32.8. The first-order chi connectivity index (χ1) is 21.6. The molecular weight excluding hydrogens is 555 g/mol. The average Bonchev–Trinajstić information content (AvgIpc) is 2.99. The summed E-state index contributed by atoms with van der Waals surface area (Å²) >= 11 is 0. The molecule has 3 heteroatoms. The molecule has 0 N–H and O–H groups in total. The van der Waals surface area contributed by atoms with Gasteiger partial charge in [-0.2, -0.15) is 0 Å². The van der Waals surface area contributed by atoms with Gasteiger partial charge in [0.25, 0.3) is 6.71 Å². The fourth-order valence-corrected chi connectivity index (χ4v) is 7.31. The summed E-state index contributed by atoms with van der Waals surface area (Å²) in [5.41, 5.74) is 17.1. The molecule has 2 aliphatic rings. The molecule has 2 aliphatic heterocycles. The number of rotatable bonds is 2. The van der Waals surface area contributed by atoms with Crippen molar-refractivity contribution in [2.24, 2.45) is 0 Å². The lowest BCUT2D eigenvalue weighted by Gasteiger charge is -2.44. The highest BCUT2D eigenvalue weighted by atomic mass is 15.2. The van der Waals surface area contributed by atoms with Gasteiger partial charge in [-0.25, -0.2) is 0 Å². The molecule has 46 heavy (non-hydrogen) atoms. The van der Waals surface area contributed by atoms with Crippen molar-refractivity contribution in [3.8, 4) is 0 Å². The van der Waals surface area contributed by atoms with Gasteiger partial charge in [0.1, 0.15) is 0 Å². The van der Waals surface area contributed by atoms with Crippen LogP contribution in [0.1, 0.15) is 84.6 Å². The van der Waals surface area contributed by atoms with Crippen LogP contribution in [-0.2, 0) is 16.2 Å². The van der Waals surface area contributed by atoms with Crippen molar-refractivity contribution >= 4 is 57.2 Å². The summed E-state index contributed by atoms with van der Waals surface area (Å²) in [6.07, 6.45) is 0. The minimum absolute atomic E-state index is 0.0406. The number of nitrogens with zero attached hydrogens (tertiary/aromatic N) is 2. The van der Waals surface area contributed by atoms with Crippen LogP contribution < -0.4 is 26.2 Å². The average molecular weight is 603 g/mol. The second-order valence-corrected chi connectivity index (χ2v) is 16.5. The molecule has 0 atom stereocenters. The van der Waals surface area contributed by atoms with Crippen LogP contribution >= 0.6 is 0 Å². The van der Waals surface area contributed by atoms with E-state index in [0.29, 0.717) is 0 Å². The lowest BCUT2D eigenvalue weighted by Crippen LogP contribution is -2.61. The predicted molar refractivity (Wildman–Crippen MR) is 201 cm³/mol. The van der Waals surface area contributed by atoms with Gasteiger partial charge in [-0.15, -0.1) is 0 Å². The van der Waals surface area contributed by atoms with E-state index in [1.807, 2.05) is 0 Å². The van der Waals surface area contributed by atoms with Crippen molar-refractivity contribution < 1.29 is 0 Å². The first kappa shape index (κ1) is 30.4. The highest BCUT2D eigenvalue weighted by molar-refractivity contribution is 7.00. The third kappa shape index (κ3) is 4.96. The molecule has 0 bridgehead atoms. The monoisotopic (exact) mass is 602 g/mol. The second-order valence-electron chi connectivity index (χ2n) is 16.5. The molecule has 5 aromatic carbocycles. The lowest BCUT2D eigenvalue weighted by molar-refractivity contribution is 0.590. The summed E-state index contributed by atoms with van der Waals surface area (Å²) < 4.78 is 0. The molecule has 0 saturated heterocycles. The van der Waals surface area contributed by atoms with Crippen LogP contribution in [0.5, 0.6) is 0 Å². The maximum atomic E-state index is 2.51. The molecule has 0 amide bonds. The number of fused-ring (bicyclic) bond motifs is 4. The standard InChI is InChI=1S/C43H47BN2/c1-28-14-24-36-34(26-28)44-35-27-31(43(8,9)10)19-25-37(35)46(33-22-17-30(18-23-33)42(5,6)7)39-13-11-12-38(40(39)44)45(36)32-20-15-29(16-21-32)41(2,3)4/h11-27H,1-10H3. The molecule has 0 spiro atoms. The predicted octanol–water partition coefficient (Wildman–Crippen LogP) is 9.97. The topological polar surface area (TPSA) is 6.48 Å². The minimum Gasteiger partial charge on any atom is -0.311 e. The van der Waals surface area contributed by atoms with Crippen molar-refractivity contribution in [3.05, 3.63) is 125 Å². The van der Waals surface area contributed by atoms with Gasteiger partial charge in [-0.3, -0.25) is 0 Å². The normalized spacial score (nSPS) is 14.2. The number of anilines is 6. The van der Waals surface area contributed by atoms with Gasteiger partial charge in [0.2, 0.25) is 0 Å². The molecule has 0 radical (unpaired) electrons. The fourth-order valence-electron chi connectivity index (χ4n) is 7.31. The van der Waals surface area contributed by atoms with Crippen molar-refractivity contribution in [2.45, 2.75) is 85.5 Å². The first-order valence-electron chi connectivity index (χ1n) is 16.8. The van der Waals surface area contributed by atoms with Crippen LogP contribution in [0.3, 0.4) is 0 Å². The largest absolute Gasteiger partial charge is 0.311 e. The Labute approximate surface area is 277 Å². The first-order valence-corrected chi connectivity index (χ1v) is 16.8. The van der Waals surface area contributed by atoms with E-state index in [1.54, 1.807) is 0 Å². The van der Waals surface area contributed by atoms with Crippen molar-refractivity contribution in [2.75, 3.05) is 9.80 Å². The van der Waals surface area contributed by atoms with Crippen LogP contribution in [0.2, 0.25) is 0 Å². The van der Waals surface area contributed by atoms with E-state index in [1.165, 1.54) is 72.8 Å². The SMILES string of the molecule is Cc1ccc2c(c1)B1c3cc(C(C)(C)C)ccc3N(c3ccc(C(C)(C)C)cc3)c3cccc(c31)N2c1ccc(C(C)(C)C)cc1. The number of benzene rings is 5. The van der Waals surface area contributed by atoms with Crippen LogP contribution in [-0.4, -0.2) is 6.71 Å². The summed E-state index contributed by atoms with van der Waals surface area (Å²) in [5.74, 6) is 0. The van der Waals surface area contributed by atoms with E-state index in [-0.39, 0.29) is 23.0 Å². The molecular formula is C43H47BN2. The van der Waals surface area contributed by atoms with Gasteiger partial charge >= 0.3 is 0 Å². The van der Waals surface area contributed by atoms with Crippen LogP contribution in [0.15, 0.2) is 103 Å². The van der Waals surface area contributed by atoms with Crippen LogP contribution in [0.25, 0.3) is 0 Å². The molecule has 0 aromatic heterocycles. The summed E-state index contributed by atoms with van der Waals surface area (Å²) in [6, 6.07) is 39.6. The third-order valence-electron chi connectivity index (χ3n) is 9.99. The van der Waals surface area contributed by atoms with E-state index in [4.69, 9.17) is 0 Å². The Morgan fingerprint density at radius 2 is 0.848 bits per heavy atom. The summed E-state index contributed by atoms with van der Waals surface area (Å²) in [5, 5.41) is 0. The number of hydrogen-bond acceptors (Lipinski definition) is 2. The molecule has 7 rings (SSSR count). The highest BCUT2D eigenvalue weighted by Gasteiger charge is 2.43. The zero-order valence-corrected chi connectivity index (χ0v) is 29.3. The van der Waals surface area contributed by atoms with Gasteiger partial charge in [0.05, 0.1) is 0 Å². The van der Waals surface area contributed by atoms with Crippen LogP contribution in [0, 0.1) is 6.92 Å². The molecule has 0 fully saturated rings. The maximum absolute atomic E-state index is 2.51. The van der Waals surface area contributed by atoms with Crippen LogP contribution in [0.4, 0.5) is 34.1 Å². The van der Waals surface area contributed by atoms with Gasteiger partial charge < -0.3 is 9.80 Å². The molecule has 5 aromatic rings. The van der Waals surface area contributed by atoms with Gasteiger partial charge in [0.15, 0.2) is 0 Å². The molecule has 0 saturated carbocycles. The fraction of sp³-hybridized carbons (Fsp3) is 0.302. The second kappa shape index (κ2) is 10.4. The number of hydrogen-bond donors (Lipinski definition) is 0. The quantitative estimate of drug-likeness (QED) is 0.182. The number of aryl methyl sites for hydroxylation is 1. The highest BCUT2D eigenvalue weighted by Crippen LogP contribution is 2.45. The lowest BCUT2D eigenvalue weighted by atomic mass is 9.33. The van der Waals surface area contributed by atoms with Gasteiger partial charge in [0, 0.05) is 34.1 Å². The Morgan fingerprint density at radius 3 is 1.30 bits per heavy atom. The van der Waals surface area contributed by atoms with E-state index in [0.717, 1.165) is 0 Å². The van der Waals surface area contributed by atoms with E-state index in [9.17, 15) is 0 Å². The van der Waals surface area contributed by atoms with Gasteiger partial charge in [-0.05, 0) is 105 Å². The Morgan fingerprint density at radius 1 is 0.435 bits per heavy atom. The third-order valence-corrected chi connectivity index (χ3v) is 9.99. The smallest absolute Gasteiger partial charge is 0.252 e. The molecule has 0 unspecified atom stereocenters. The summed E-state index contributed by atoms with van der Waals surface area (Å²) in [4.78, 5) is 5.00. The molecule has 2 heterocycles. The van der Waals surface area contributed by atoms with Gasteiger partial charge in [-0.1, -0.05) is 122 Å². The Kier molecular flexibility index (Phi) is 6.87. The minimum atomic E-state index is 0.0406. The van der Waals surface area contributed by atoms with Crippen molar-refractivity contribution in [1.29, 1.82) is 0 Å². The molecule has 2 nitrogen and oxygen atoms in total. The molecule has 0 aliphatic carbocycles. The Bertz CT molecular complexity index is 1930. The molecule has 232 valence electrons. The van der Waals surface area contributed by atoms with E-state index < -0.39 is 0 Å². The van der Waals surface area contributed by atoms with E-state index in [2.05, 4.69) is 182 Å². The van der Waals surface area contributed by atoms with E-state index >= 15 is 0 Å². The van der Waals surface area contributed by atoms with Crippen molar-refractivity contribution in [3.63, 3.8) is 0 Å². The zero-order valence-electron chi connectivity index (χ0n) is 29.3.